The van der Waals surface area contributed by atoms with E-state index in [1.165, 1.54) is 33.4 Å². The summed E-state index contributed by atoms with van der Waals surface area (Å²) < 4.78 is 10.7. The van der Waals surface area contributed by atoms with E-state index in [-0.39, 0.29) is 0 Å². The fraction of sp³-hybridized carbons (Fsp3) is 0.333. The fourth-order valence-electron chi connectivity index (χ4n) is 2.87. The Labute approximate surface area is 121 Å². The van der Waals surface area contributed by atoms with Gasteiger partial charge >= 0.3 is 0 Å². The molecule has 0 aliphatic rings. The lowest BCUT2D eigenvalue weighted by molar-refractivity contribution is 0.414. The van der Waals surface area contributed by atoms with Gasteiger partial charge in [-0.1, -0.05) is 0 Å². The molecule has 106 valence electrons. The molecule has 0 atom stereocenters. The Morgan fingerprint density at radius 1 is 0.550 bits per heavy atom. The highest BCUT2D eigenvalue weighted by Crippen LogP contribution is 2.36. The van der Waals surface area contributed by atoms with Crippen LogP contribution in [0.25, 0.3) is 11.1 Å². The minimum Gasteiger partial charge on any atom is -0.497 e. The molecular formula is C18H22O2. The monoisotopic (exact) mass is 270 g/mol. The summed E-state index contributed by atoms with van der Waals surface area (Å²) in [6.07, 6.45) is 0. The maximum Gasteiger partial charge on any atom is 0.119 e. The Balaban J connectivity index is 2.69. The minimum atomic E-state index is 0.910. The number of methoxy groups -OCH3 is 2. The summed E-state index contributed by atoms with van der Waals surface area (Å²) in [7, 11) is 3.41. The summed E-state index contributed by atoms with van der Waals surface area (Å²) in [5, 5.41) is 0. The molecule has 20 heavy (non-hydrogen) atoms. The van der Waals surface area contributed by atoms with E-state index in [4.69, 9.17) is 9.47 Å². The molecule has 0 spiro atoms. The smallest absolute Gasteiger partial charge is 0.119 e. The van der Waals surface area contributed by atoms with Gasteiger partial charge in [0.05, 0.1) is 14.2 Å². The molecule has 0 fully saturated rings. The maximum atomic E-state index is 5.34. The van der Waals surface area contributed by atoms with Crippen molar-refractivity contribution in [2.45, 2.75) is 27.7 Å². The zero-order valence-corrected chi connectivity index (χ0v) is 13.1. The predicted molar refractivity (Wildman–Crippen MR) is 83.9 cm³/mol. The van der Waals surface area contributed by atoms with Crippen molar-refractivity contribution >= 4 is 0 Å². The standard InChI is InChI=1S/C18H22O2/c1-11-7-15(19-5)8-12(2)17(11)18-13(3)9-16(20-6)10-14(18)4/h7-10H,1-6H3. The quantitative estimate of drug-likeness (QED) is 0.811. The van der Waals surface area contributed by atoms with Crippen LogP contribution in [0.2, 0.25) is 0 Å². The summed E-state index contributed by atoms with van der Waals surface area (Å²) in [4.78, 5) is 0. The van der Waals surface area contributed by atoms with Crippen molar-refractivity contribution < 1.29 is 9.47 Å². The van der Waals surface area contributed by atoms with E-state index in [1.54, 1.807) is 14.2 Å². The Morgan fingerprint density at radius 3 is 1.00 bits per heavy atom. The molecule has 0 aromatic heterocycles. The number of hydrogen-bond donors (Lipinski definition) is 0. The lowest BCUT2D eigenvalue weighted by atomic mass is 9.89. The van der Waals surface area contributed by atoms with Crippen molar-refractivity contribution in [2.75, 3.05) is 14.2 Å². The molecule has 0 unspecified atom stereocenters. The first kappa shape index (κ1) is 14.4. The molecule has 2 aromatic carbocycles. The highest BCUT2D eigenvalue weighted by atomic mass is 16.5. The molecule has 0 bridgehead atoms. The van der Waals surface area contributed by atoms with E-state index in [0.29, 0.717) is 0 Å². The van der Waals surface area contributed by atoms with Gasteiger partial charge in [0.2, 0.25) is 0 Å². The summed E-state index contributed by atoms with van der Waals surface area (Å²) in [5.74, 6) is 1.82. The van der Waals surface area contributed by atoms with Crippen molar-refractivity contribution in [2.24, 2.45) is 0 Å². The topological polar surface area (TPSA) is 18.5 Å². The highest BCUT2D eigenvalue weighted by Gasteiger charge is 2.14. The molecule has 2 heteroatoms. The van der Waals surface area contributed by atoms with Crippen molar-refractivity contribution in [3.63, 3.8) is 0 Å². The largest absolute Gasteiger partial charge is 0.497 e. The minimum absolute atomic E-state index is 0.910. The lowest BCUT2D eigenvalue weighted by Gasteiger charge is -2.18. The van der Waals surface area contributed by atoms with Crippen LogP contribution in [0.5, 0.6) is 11.5 Å². The fourth-order valence-corrected chi connectivity index (χ4v) is 2.87. The van der Waals surface area contributed by atoms with E-state index >= 15 is 0 Å². The molecule has 0 N–H and O–H groups in total. The Bertz CT molecular complexity index is 538. The van der Waals surface area contributed by atoms with Gasteiger partial charge in [-0.2, -0.15) is 0 Å². The van der Waals surface area contributed by atoms with Crippen molar-refractivity contribution in [3.05, 3.63) is 46.5 Å². The third-order valence-electron chi connectivity index (χ3n) is 3.73. The van der Waals surface area contributed by atoms with Crippen molar-refractivity contribution in [3.8, 4) is 22.6 Å². The number of aryl methyl sites for hydroxylation is 4. The lowest BCUT2D eigenvalue weighted by Crippen LogP contribution is -1.97. The van der Waals surface area contributed by atoms with Gasteiger partial charge in [0.15, 0.2) is 0 Å². The van der Waals surface area contributed by atoms with Crippen molar-refractivity contribution in [1.29, 1.82) is 0 Å². The van der Waals surface area contributed by atoms with E-state index in [9.17, 15) is 0 Å². The molecule has 2 rings (SSSR count). The first-order chi connectivity index (χ1) is 9.47. The third-order valence-corrected chi connectivity index (χ3v) is 3.73. The summed E-state index contributed by atoms with van der Waals surface area (Å²) in [6, 6.07) is 8.35. The molecule has 2 nitrogen and oxygen atoms in total. The Hall–Kier alpha value is -1.96. The van der Waals surface area contributed by atoms with Crippen LogP contribution < -0.4 is 9.47 Å². The summed E-state index contributed by atoms with van der Waals surface area (Å²) in [5.41, 5.74) is 7.53. The van der Waals surface area contributed by atoms with Gasteiger partial charge in [-0.3, -0.25) is 0 Å². The Morgan fingerprint density at radius 2 is 0.800 bits per heavy atom. The second-order valence-corrected chi connectivity index (χ2v) is 5.27. The number of benzene rings is 2. The van der Waals surface area contributed by atoms with Gasteiger partial charge in [-0.15, -0.1) is 0 Å². The second kappa shape index (κ2) is 5.58. The normalized spacial score (nSPS) is 10.5. The van der Waals surface area contributed by atoms with Crippen LogP contribution in [0, 0.1) is 27.7 Å². The van der Waals surface area contributed by atoms with Crippen LogP contribution in [0.1, 0.15) is 22.3 Å². The van der Waals surface area contributed by atoms with Gasteiger partial charge in [0.1, 0.15) is 11.5 Å². The highest BCUT2D eigenvalue weighted by molar-refractivity contribution is 5.78. The molecule has 0 saturated heterocycles. The van der Waals surface area contributed by atoms with Gasteiger partial charge in [0, 0.05) is 0 Å². The van der Waals surface area contributed by atoms with Crippen LogP contribution in [-0.2, 0) is 0 Å². The van der Waals surface area contributed by atoms with Crippen LogP contribution in [0.4, 0.5) is 0 Å². The number of rotatable bonds is 3. The molecular weight excluding hydrogens is 248 g/mol. The molecule has 0 radical (unpaired) electrons. The van der Waals surface area contributed by atoms with Gasteiger partial charge in [0.25, 0.3) is 0 Å². The van der Waals surface area contributed by atoms with Crippen molar-refractivity contribution in [1.82, 2.24) is 0 Å². The number of hydrogen-bond acceptors (Lipinski definition) is 2. The van der Waals surface area contributed by atoms with Crippen LogP contribution >= 0.6 is 0 Å². The predicted octanol–water partition coefficient (Wildman–Crippen LogP) is 4.60. The molecule has 0 saturated carbocycles. The average Bonchev–Trinajstić information content (AvgIpc) is 2.40. The molecule has 0 aliphatic carbocycles. The van der Waals surface area contributed by atoms with Gasteiger partial charge < -0.3 is 9.47 Å². The summed E-state index contributed by atoms with van der Waals surface area (Å²) >= 11 is 0. The second-order valence-electron chi connectivity index (χ2n) is 5.27. The number of ether oxygens (including phenoxy) is 2. The van der Waals surface area contributed by atoms with Gasteiger partial charge in [-0.05, 0) is 85.3 Å². The molecule has 0 amide bonds. The van der Waals surface area contributed by atoms with E-state index in [1.807, 2.05) is 0 Å². The first-order valence-electron chi connectivity index (χ1n) is 6.78. The van der Waals surface area contributed by atoms with E-state index in [2.05, 4.69) is 52.0 Å². The zero-order valence-electron chi connectivity index (χ0n) is 13.1. The first-order valence-corrected chi connectivity index (χ1v) is 6.78. The molecule has 2 aromatic rings. The van der Waals surface area contributed by atoms with Crippen LogP contribution in [0.3, 0.4) is 0 Å². The van der Waals surface area contributed by atoms with Crippen LogP contribution in [0.15, 0.2) is 24.3 Å². The molecule has 0 aliphatic heterocycles. The van der Waals surface area contributed by atoms with E-state index in [0.717, 1.165) is 11.5 Å². The molecule has 0 heterocycles. The van der Waals surface area contributed by atoms with Crippen LogP contribution in [-0.4, -0.2) is 14.2 Å². The Kier molecular flexibility index (Phi) is 4.03. The third kappa shape index (κ3) is 2.51. The SMILES string of the molecule is COc1cc(C)c(-c2c(C)cc(OC)cc2C)c(C)c1. The maximum absolute atomic E-state index is 5.34. The van der Waals surface area contributed by atoms with E-state index < -0.39 is 0 Å². The zero-order chi connectivity index (χ0) is 14.9. The van der Waals surface area contributed by atoms with Gasteiger partial charge in [-0.25, -0.2) is 0 Å². The average molecular weight is 270 g/mol. The summed E-state index contributed by atoms with van der Waals surface area (Å²) in [6.45, 7) is 8.53.